The van der Waals surface area contributed by atoms with E-state index < -0.39 is 0 Å². The lowest BCUT2D eigenvalue weighted by molar-refractivity contribution is -0.121. The lowest BCUT2D eigenvalue weighted by atomic mass is 10.1. The Morgan fingerprint density at radius 1 is 1.44 bits per heavy atom. The number of nitrogens with zero attached hydrogens (tertiary/aromatic N) is 1. The van der Waals surface area contributed by atoms with E-state index in [1.54, 1.807) is 25.2 Å². The fourth-order valence-electron chi connectivity index (χ4n) is 1.46. The minimum atomic E-state index is -0.296. The molecule has 0 aliphatic rings. The van der Waals surface area contributed by atoms with E-state index in [2.05, 4.69) is 5.32 Å². The van der Waals surface area contributed by atoms with Crippen LogP contribution >= 0.6 is 0 Å². The molecule has 0 saturated carbocycles. The van der Waals surface area contributed by atoms with Gasteiger partial charge in [-0.1, -0.05) is 0 Å². The fourth-order valence-corrected chi connectivity index (χ4v) is 1.46. The van der Waals surface area contributed by atoms with E-state index >= 15 is 0 Å². The Kier molecular flexibility index (Phi) is 4.53. The van der Waals surface area contributed by atoms with Gasteiger partial charge in [-0.05, 0) is 12.1 Å². The van der Waals surface area contributed by atoms with Crippen LogP contribution in [0.2, 0.25) is 0 Å². The van der Waals surface area contributed by atoms with Crippen LogP contribution in [0.5, 0.6) is 5.75 Å². The lowest BCUT2D eigenvalue weighted by Crippen LogP contribution is -2.37. The standard InChI is InChI=1S/C12H17N3O3/c1-14-11(16)7-15(2)12(17)9-5-4-8(13)6-10(9)18-3/h4-6H,7,13H2,1-3H3,(H,14,16). The Morgan fingerprint density at radius 2 is 2.11 bits per heavy atom. The summed E-state index contributed by atoms with van der Waals surface area (Å²) < 4.78 is 5.10. The summed E-state index contributed by atoms with van der Waals surface area (Å²) in [6.07, 6.45) is 0. The molecule has 0 spiro atoms. The number of carbonyl (C=O) groups excluding carboxylic acids is 2. The first kappa shape index (κ1) is 13.8. The molecule has 18 heavy (non-hydrogen) atoms. The first-order valence-corrected chi connectivity index (χ1v) is 5.39. The number of benzene rings is 1. The average Bonchev–Trinajstić information content (AvgIpc) is 2.37. The smallest absolute Gasteiger partial charge is 0.257 e. The van der Waals surface area contributed by atoms with E-state index in [1.165, 1.54) is 19.1 Å². The average molecular weight is 251 g/mol. The SMILES string of the molecule is CNC(=O)CN(C)C(=O)c1ccc(N)cc1OC. The highest BCUT2D eigenvalue weighted by atomic mass is 16.5. The van der Waals surface area contributed by atoms with E-state index in [-0.39, 0.29) is 18.4 Å². The van der Waals surface area contributed by atoms with Crippen molar-refractivity contribution < 1.29 is 14.3 Å². The van der Waals surface area contributed by atoms with Crippen molar-refractivity contribution in [2.45, 2.75) is 0 Å². The number of hydrogen-bond donors (Lipinski definition) is 2. The molecule has 1 rings (SSSR count). The van der Waals surface area contributed by atoms with Crippen LogP contribution in [0.25, 0.3) is 0 Å². The number of anilines is 1. The zero-order valence-electron chi connectivity index (χ0n) is 10.7. The van der Waals surface area contributed by atoms with Crippen LogP contribution in [0, 0.1) is 0 Å². The van der Waals surface area contributed by atoms with Crippen molar-refractivity contribution >= 4 is 17.5 Å². The Morgan fingerprint density at radius 3 is 2.67 bits per heavy atom. The van der Waals surface area contributed by atoms with Gasteiger partial charge in [0.2, 0.25) is 5.91 Å². The Labute approximate surface area is 106 Å². The third-order valence-electron chi connectivity index (χ3n) is 2.46. The first-order chi connectivity index (χ1) is 8.49. The summed E-state index contributed by atoms with van der Waals surface area (Å²) in [5, 5.41) is 2.46. The van der Waals surface area contributed by atoms with Gasteiger partial charge in [-0.3, -0.25) is 9.59 Å². The molecule has 0 heterocycles. The highest BCUT2D eigenvalue weighted by Gasteiger charge is 2.18. The number of likely N-dealkylation sites (N-methyl/N-ethyl adjacent to an activating group) is 2. The molecule has 0 aromatic heterocycles. The van der Waals surface area contributed by atoms with Gasteiger partial charge in [-0.2, -0.15) is 0 Å². The largest absolute Gasteiger partial charge is 0.496 e. The number of nitrogen functional groups attached to an aromatic ring is 1. The van der Waals surface area contributed by atoms with Gasteiger partial charge < -0.3 is 20.7 Å². The summed E-state index contributed by atoms with van der Waals surface area (Å²) in [6, 6.07) is 4.77. The highest BCUT2D eigenvalue weighted by molar-refractivity contribution is 5.99. The molecule has 3 N–H and O–H groups in total. The molecule has 0 fully saturated rings. The molecular formula is C12H17N3O3. The van der Waals surface area contributed by atoms with Crippen molar-refractivity contribution in [2.75, 3.05) is 33.5 Å². The fraction of sp³-hybridized carbons (Fsp3) is 0.333. The number of amides is 2. The van der Waals surface area contributed by atoms with Gasteiger partial charge in [0.05, 0.1) is 19.2 Å². The quantitative estimate of drug-likeness (QED) is 0.743. The maximum atomic E-state index is 12.1. The van der Waals surface area contributed by atoms with Gasteiger partial charge in [0.25, 0.3) is 5.91 Å². The van der Waals surface area contributed by atoms with Gasteiger partial charge in [0, 0.05) is 25.8 Å². The van der Waals surface area contributed by atoms with E-state index in [0.29, 0.717) is 17.0 Å². The molecule has 6 heteroatoms. The van der Waals surface area contributed by atoms with E-state index in [0.717, 1.165) is 0 Å². The summed E-state index contributed by atoms with van der Waals surface area (Å²) in [5.74, 6) is -0.139. The molecule has 1 aromatic rings. The number of ether oxygens (including phenoxy) is 1. The van der Waals surface area contributed by atoms with Gasteiger partial charge >= 0.3 is 0 Å². The number of nitrogens with two attached hydrogens (primary N) is 1. The molecule has 2 amide bonds. The van der Waals surface area contributed by atoms with E-state index in [1.807, 2.05) is 0 Å². The van der Waals surface area contributed by atoms with Gasteiger partial charge in [0.1, 0.15) is 5.75 Å². The molecule has 0 aliphatic heterocycles. The highest BCUT2D eigenvalue weighted by Crippen LogP contribution is 2.22. The van der Waals surface area contributed by atoms with Crippen molar-refractivity contribution in [3.05, 3.63) is 23.8 Å². The minimum absolute atomic E-state index is 0.0110. The second kappa shape index (κ2) is 5.90. The van der Waals surface area contributed by atoms with Crippen molar-refractivity contribution in [1.82, 2.24) is 10.2 Å². The van der Waals surface area contributed by atoms with Gasteiger partial charge in [-0.15, -0.1) is 0 Å². The summed E-state index contributed by atoms with van der Waals surface area (Å²) in [5.41, 5.74) is 6.50. The molecule has 1 aromatic carbocycles. The predicted octanol–water partition coefficient (Wildman–Crippen LogP) is 0.0954. The van der Waals surface area contributed by atoms with Gasteiger partial charge in [0.15, 0.2) is 0 Å². The molecule has 98 valence electrons. The van der Waals surface area contributed by atoms with Crippen LogP contribution in [-0.2, 0) is 4.79 Å². The molecule has 0 bridgehead atoms. The number of hydrogen-bond acceptors (Lipinski definition) is 4. The van der Waals surface area contributed by atoms with Crippen LogP contribution in [0.1, 0.15) is 10.4 Å². The summed E-state index contributed by atoms with van der Waals surface area (Å²) in [4.78, 5) is 24.6. The van der Waals surface area contributed by atoms with Crippen LogP contribution in [-0.4, -0.2) is 44.5 Å². The molecule has 0 atom stereocenters. The normalized spacial score (nSPS) is 9.72. The summed E-state index contributed by atoms with van der Waals surface area (Å²) >= 11 is 0. The van der Waals surface area contributed by atoms with Crippen LogP contribution in [0.15, 0.2) is 18.2 Å². The summed E-state index contributed by atoms with van der Waals surface area (Å²) in [7, 11) is 4.53. The van der Waals surface area contributed by atoms with Crippen molar-refractivity contribution in [2.24, 2.45) is 0 Å². The van der Waals surface area contributed by atoms with E-state index in [4.69, 9.17) is 10.5 Å². The van der Waals surface area contributed by atoms with Crippen molar-refractivity contribution in [1.29, 1.82) is 0 Å². The molecule has 0 aliphatic carbocycles. The number of nitrogens with one attached hydrogen (secondary N) is 1. The predicted molar refractivity (Wildman–Crippen MR) is 68.4 cm³/mol. The molecular weight excluding hydrogens is 234 g/mol. The molecule has 6 nitrogen and oxygen atoms in total. The number of carbonyl (C=O) groups is 2. The second-order valence-corrected chi connectivity index (χ2v) is 3.79. The van der Waals surface area contributed by atoms with Gasteiger partial charge in [-0.25, -0.2) is 0 Å². The first-order valence-electron chi connectivity index (χ1n) is 5.39. The zero-order chi connectivity index (χ0) is 13.7. The van der Waals surface area contributed by atoms with Crippen LogP contribution in [0.3, 0.4) is 0 Å². The molecule has 0 radical (unpaired) electrons. The second-order valence-electron chi connectivity index (χ2n) is 3.79. The molecule has 0 saturated heterocycles. The zero-order valence-corrected chi connectivity index (χ0v) is 10.7. The third-order valence-corrected chi connectivity index (χ3v) is 2.46. The minimum Gasteiger partial charge on any atom is -0.496 e. The monoisotopic (exact) mass is 251 g/mol. The number of rotatable bonds is 4. The maximum Gasteiger partial charge on any atom is 0.257 e. The Bertz CT molecular complexity index is 460. The third kappa shape index (κ3) is 3.13. The number of methoxy groups -OCH3 is 1. The van der Waals surface area contributed by atoms with E-state index in [9.17, 15) is 9.59 Å². The summed E-state index contributed by atoms with van der Waals surface area (Å²) in [6.45, 7) is -0.0110. The topological polar surface area (TPSA) is 84.7 Å². The maximum absolute atomic E-state index is 12.1. The molecule has 0 unspecified atom stereocenters. The van der Waals surface area contributed by atoms with Crippen LogP contribution < -0.4 is 15.8 Å². The lowest BCUT2D eigenvalue weighted by Gasteiger charge is -2.17. The van der Waals surface area contributed by atoms with Crippen molar-refractivity contribution in [3.8, 4) is 5.75 Å². The van der Waals surface area contributed by atoms with Crippen LogP contribution in [0.4, 0.5) is 5.69 Å². The Balaban J connectivity index is 2.93. The van der Waals surface area contributed by atoms with Crippen molar-refractivity contribution in [3.63, 3.8) is 0 Å². The Hall–Kier alpha value is -2.24.